The molecule has 0 amide bonds. The number of aldehydes is 1. The van der Waals surface area contributed by atoms with Crippen molar-refractivity contribution in [2.45, 2.75) is 0 Å². The molecule has 0 spiro atoms. The lowest BCUT2D eigenvalue weighted by atomic mass is 10.2. The van der Waals surface area contributed by atoms with Gasteiger partial charge in [-0.15, -0.1) is 0 Å². The SMILES string of the molecule is COc1c(C=O)oc2c(Cl)cc(F)cc12. The molecule has 1 heterocycles. The Morgan fingerprint density at radius 1 is 1.53 bits per heavy atom. The van der Waals surface area contributed by atoms with Crippen molar-refractivity contribution >= 4 is 28.9 Å². The van der Waals surface area contributed by atoms with Crippen LogP contribution >= 0.6 is 11.6 Å². The molecule has 5 heteroatoms. The van der Waals surface area contributed by atoms with Crippen LogP contribution in [0, 0.1) is 5.82 Å². The van der Waals surface area contributed by atoms with Gasteiger partial charge in [0.15, 0.2) is 17.6 Å². The second-order valence-corrected chi connectivity index (χ2v) is 3.29. The minimum atomic E-state index is -0.510. The molecule has 1 aromatic carbocycles. The highest BCUT2D eigenvalue weighted by Crippen LogP contribution is 2.36. The molecule has 0 bridgehead atoms. The van der Waals surface area contributed by atoms with Gasteiger partial charge in [0.25, 0.3) is 0 Å². The molecule has 0 unspecified atom stereocenters. The number of rotatable bonds is 2. The summed E-state index contributed by atoms with van der Waals surface area (Å²) >= 11 is 5.76. The van der Waals surface area contributed by atoms with Gasteiger partial charge in [-0.2, -0.15) is 0 Å². The highest BCUT2D eigenvalue weighted by molar-refractivity contribution is 6.35. The Hall–Kier alpha value is -1.55. The maximum Gasteiger partial charge on any atom is 0.209 e. The van der Waals surface area contributed by atoms with Crippen molar-refractivity contribution in [2.24, 2.45) is 0 Å². The quantitative estimate of drug-likeness (QED) is 0.742. The number of benzene rings is 1. The Labute approximate surface area is 89.4 Å². The number of fused-ring (bicyclic) bond motifs is 1. The lowest BCUT2D eigenvalue weighted by molar-refractivity contribution is 0.109. The molecule has 1 aromatic heterocycles. The van der Waals surface area contributed by atoms with E-state index >= 15 is 0 Å². The average Bonchev–Trinajstić information content (AvgIpc) is 2.55. The maximum atomic E-state index is 13.1. The molecular weight excluding hydrogens is 223 g/mol. The van der Waals surface area contributed by atoms with E-state index in [1.54, 1.807) is 0 Å². The summed E-state index contributed by atoms with van der Waals surface area (Å²) in [6, 6.07) is 2.32. The summed E-state index contributed by atoms with van der Waals surface area (Å²) < 4.78 is 23.1. The van der Waals surface area contributed by atoms with Crippen molar-refractivity contribution in [1.82, 2.24) is 0 Å². The number of furan rings is 1. The first-order valence-electron chi connectivity index (χ1n) is 4.08. The zero-order chi connectivity index (χ0) is 11.0. The number of methoxy groups -OCH3 is 1. The topological polar surface area (TPSA) is 39.4 Å². The summed E-state index contributed by atoms with van der Waals surface area (Å²) in [5.41, 5.74) is 0.247. The van der Waals surface area contributed by atoms with E-state index in [4.69, 9.17) is 20.8 Å². The van der Waals surface area contributed by atoms with Crippen LogP contribution in [0.25, 0.3) is 11.0 Å². The van der Waals surface area contributed by atoms with E-state index in [9.17, 15) is 9.18 Å². The van der Waals surface area contributed by atoms with Gasteiger partial charge in [-0.1, -0.05) is 11.6 Å². The summed E-state index contributed by atoms with van der Waals surface area (Å²) in [5.74, 6) is -0.314. The highest BCUT2D eigenvalue weighted by atomic mass is 35.5. The Bertz CT molecular complexity index is 533. The normalized spacial score (nSPS) is 10.6. The summed E-state index contributed by atoms with van der Waals surface area (Å²) in [5, 5.41) is 0.459. The monoisotopic (exact) mass is 228 g/mol. The van der Waals surface area contributed by atoms with Gasteiger partial charge in [0, 0.05) is 0 Å². The van der Waals surface area contributed by atoms with E-state index in [0.717, 1.165) is 6.07 Å². The standard InChI is InChI=1S/C10H6ClFO3/c1-14-10-6-2-5(12)3-7(11)9(6)15-8(10)4-13/h2-4H,1H3. The van der Waals surface area contributed by atoms with Crippen LogP contribution < -0.4 is 4.74 Å². The summed E-state index contributed by atoms with van der Waals surface area (Å²) in [7, 11) is 1.37. The van der Waals surface area contributed by atoms with Crippen molar-refractivity contribution in [2.75, 3.05) is 7.11 Å². The number of hydrogen-bond donors (Lipinski definition) is 0. The molecule has 0 saturated carbocycles. The Kier molecular flexibility index (Phi) is 2.36. The smallest absolute Gasteiger partial charge is 0.209 e. The van der Waals surface area contributed by atoms with Gasteiger partial charge in [0.05, 0.1) is 17.5 Å². The Balaban J connectivity index is 2.88. The van der Waals surface area contributed by atoms with Crippen LogP contribution in [0.15, 0.2) is 16.5 Å². The average molecular weight is 229 g/mol. The molecule has 3 nitrogen and oxygen atoms in total. The lowest BCUT2D eigenvalue weighted by Crippen LogP contribution is -1.85. The fraction of sp³-hybridized carbons (Fsp3) is 0.100. The fourth-order valence-corrected chi connectivity index (χ4v) is 1.65. The van der Waals surface area contributed by atoms with Gasteiger partial charge in [0.2, 0.25) is 5.76 Å². The molecule has 0 atom stereocenters. The number of carbonyl (C=O) groups is 1. The molecule has 2 rings (SSSR count). The first-order valence-corrected chi connectivity index (χ1v) is 4.46. The second kappa shape index (κ2) is 3.55. The predicted octanol–water partition coefficient (Wildman–Crippen LogP) is 3.05. The summed E-state index contributed by atoms with van der Waals surface area (Å²) in [6.07, 6.45) is 0.493. The maximum absolute atomic E-state index is 13.1. The summed E-state index contributed by atoms with van der Waals surface area (Å²) in [4.78, 5) is 10.6. The van der Waals surface area contributed by atoms with Crippen LogP contribution in [0.5, 0.6) is 5.75 Å². The third kappa shape index (κ3) is 1.47. The molecule has 0 saturated heterocycles. The van der Waals surface area contributed by atoms with Crippen LogP contribution in [-0.4, -0.2) is 13.4 Å². The molecule has 0 fully saturated rings. The Morgan fingerprint density at radius 3 is 2.87 bits per heavy atom. The van der Waals surface area contributed by atoms with Gasteiger partial charge >= 0.3 is 0 Å². The summed E-state index contributed by atoms with van der Waals surface area (Å²) in [6.45, 7) is 0. The van der Waals surface area contributed by atoms with E-state index in [1.165, 1.54) is 13.2 Å². The van der Waals surface area contributed by atoms with Crippen molar-refractivity contribution in [3.8, 4) is 5.75 Å². The van der Waals surface area contributed by atoms with Gasteiger partial charge in [0.1, 0.15) is 5.82 Å². The van der Waals surface area contributed by atoms with Crippen LogP contribution in [0.1, 0.15) is 10.6 Å². The third-order valence-electron chi connectivity index (χ3n) is 2.00. The van der Waals surface area contributed by atoms with Gasteiger partial charge in [-0.25, -0.2) is 4.39 Å². The minimum Gasteiger partial charge on any atom is -0.492 e. The first-order chi connectivity index (χ1) is 7.17. The van der Waals surface area contributed by atoms with E-state index < -0.39 is 5.82 Å². The van der Waals surface area contributed by atoms with Crippen molar-refractivity contribution in [3.63, 3.8) is 0 Å². The van der Waals surface area contributed by atoms with E-state index in [2.05, 4.69) is 0 Å². The fourth-order valence-electron chi connectivity index (χ4n) is 1.41. The predicted molar refractivity (Wildman–Crippen MR) is 53.1 cm³/mol. The zero-order valence-corrected chi connectivity index (χ0v) is 8.47. The minimum absolute atomic E-state index is 0. The van der Waals surface area contributed by atoms with E-state index in [-0.39, 0.29) is 22.1 Å². The highest BCUT2D eigenvalue weighted by Gasteiger charge is 2.17. The molecule has 15 heavy (non-hydrogen) atoms. The number of carbonyl (C=O) groups excluding carboxylic acids is 1. The second-order valence-electron chi connectivity index (χ2n) is 2.88. The van der Waals surface area contributed by atoms with Gasteiger partial charge < -0.3 is 9.15 Å². The van der Waals surface area contributed by atoms with Crippen molar-refractivity contribution in [3.05, 3.63) is 28.7 Å². The molecule has 0 aliphatic carbocycles. The van der Waals surface area contributed by atoms with Crippen molar-refractivity contribution in [1.29, 1.82) is 0 Å². The van der Waals surface area contributed by atoms with Crippen LogP contribution in [0.2, 0.25) is 5.02 Å². The lowest BCUT2D eigenvalue weighted by Gasteiger charge is -1.96. The van der Waals surface area contributed by atoms with E-state index in [0.29, 0.717) is 11.7 Å². The zero-order valence-electron chi connectivity index (χ0n) is 7.71. The van der Waals surface area contributed by atoms with Gasteiger partial charge in [-0.3, -0.25) is 4.79 Å². The molecule has 0 N–H and O–H groups in total. The van der Waals surface area contributed by atoms with Crippen LogP contribution in [-0.2, 0) is 0 Å². The third-order valence-corrected chi connectivity index (χ3v) is 2.28. The molecule has 0 aliphatic rings. The number of ether oxygens (including phenoxy) is 1. The van der Waals surface area contributed by atoms with E-state index in [1.807, 2.05) is 0 Å². The number of halogens is 2. The van der Waals surface area contributed by atoms with Crippen molar-refractivity contribution < 1.29 is 18.3 Å². The number of hydrogen-bond acceptors (Lipinski definition) is 3. The van der Waals surface area contributed by atoms with Crippen LogP contribution in [0.4, 0.5) is 4.39 Å². The molecule has 0 aliphatic heterocycles. The largest absolute Gasteiger partial charge is 0.492 e. The molecule has 2 aromatic rings. The van der Waals surface area contributed by atoms with Gasteiger partial charge in [-0.05, 0) is 12.1 Å². The molecule has 78 valence electrons. The molecular formula is C10H6ClFO3. The first kappa shape index (κ1) is 9.98. The molecule has 0 radical (unpaired) electrons. The van der Waals surface area contributed by atoms with Crippen LogP contribution in [0.3, 0.4) is 0 Å². The Morgan fingerprint density at radius 2 is 2.27 bits per heavy atom.